The van der Waals surface area contributed by atoms with E-state index in [9.17, 15) is 22.0 Å². The van der Waals surface area contributed by atoms with Gasteiger partial charge in [0.05, 0.1) is 17.9 Å². The molecule has 0 radical (unpaired) electrons. The first-order valence-corrected chi connectivity index (χ1v) is 11.2. The number of rotatable bonds is 5. The van der Waals surface area contributed by atoms with Crippen LogP contribution < -0.4 is 5.73 Å². The van der Waals surface area contributed by atoms with E-state index in [1.807, 2.05) is 0 Å². The van der Waals surface area contributed by atoms with E-state index in [4.69, 9.17) is 10.5 Å². The summed E-state index contributed by atoms with van der Waals surface area (Å²) in [6, 6.07) is 3.00. The van der Waals surface area contributed by atoms with Gasteiger partial charge in [0.1, 0.15) is 12.4 Å². The van der Waals surface area contributed by atoms with Crippen LogP contribution in [0.25, 0.3) is 11.3 Å². The molecule has 6 nitrogen and oxygen atoms in total. The number of anilines is 1. The second-order valence-corrected chi connectivity index (χ2v) is 9.16. The van der Waals surface area contributed by atoms with Crippen LogP contribution in [0.15, 0.2) is 18.3 Å². The fraction of sp³-hybridized carbons (Fsp3) is 0.636. The Labute approximate surface area is 187 Å². The third-order valence-electron chi connectivity index (χ3n) is 7.18. The average Bonchev–Trinajstić information content (AvgIpc) is 3.13. The van der Waals surface area contributed by atoms with E-state index in [0.717, 1.165) is 51.6 Å². The minimum atomic E-state index is -4.66. The lowest BCUT2D eigenvalue weighted by Crippen LogP contribution is -2.36. The molecule has 2 aromatic heterocycles. The molecule has 0 aromatic carbocycles. The maximum absolute atomic E-state index is 13.3. The van der Waals surface area contributed by atoms with E-state index in [-0.39, 0.29) is 17.2 Å². The Bertz CT molecular complexity index is 990. The second-order valence-electron chi connectivity index (χ2n) is 9.16. The predicted octanol–water partition coefficient (Wildman–Crippen LogP) is 4.03. The van der Waals surface area contributed by atoms with E-state index in [1.54, 1.807) is 6.07 Å². The Kier molecular flexibility index (Phi) is 5.80. The number of pyridine rings is 1. The van der Waals surface area contributed by atoms with Crippen LogP contribution in [0.5, 0.6) is 0 Å². The Hall–Kier alpha value is -2.27. The monoisotopic (exact) mass is 471 g/mol. The van der Waals surface area contributed by atoms with Crippen molar-refractivity contribution in [1.82, 2.24) is 19.7 Å². The number of halogens is 5. The van der Waals surface area contributed by atoms with Crippen LogP contribution in [0.1, 0.15) is 36.4 Å². The first-order chi connectivity index (χ1) is 15.7. The zero-order valence-corrected chi connectivity index (χ0v) is 17.9. The molecule has 5 rings (SSSR count). The first kappa shape index (κ1) is 22.5. The number of nitrogens with two attached hydrogens (primary N) is 1. The van der Waals surface area contributed by atoms with Gasteiger partial charge < -0.3 is 10.5 Å². The number of nitrogen functional groups attached to an aromatic ring is 1. The van der Waals surface area contributed by atoms with Gasteiger partial charge in [0.2, 0.25) is 0 Å². The quantitative estimate of drug-likeness (QED) is 0.667. The van der Waals surface area contributed by atoms with Crippen LogP contribution in [-0.4, -0.2) is 58.4 Å². The summed E-state index contributed by atoms with van der Waals surface area (Å²) >= 11 is 0. The second kappa shape index (κ2) is 8.50. The number of ether oxygens (including phenoxy) is 1. The smallest absolute Gasteiger partial charge is 0.383 e. The van der Waals surface area contributed by atoms with Gasteiger partial charge in [-0.15, -0.1) is 0 Å². The molecule has 4 atom stereocenters. The molecular weight excluding hydrogens is 445 g/mol. The molecule has 0 amide bonds. The van der Waals surface area contributed by atoms with Crippen molar-refractivity contribution in [1.29, 1.82) is 0 Å². The number of fused-ring (bicyclic) bond motifs is 1. The van der Waals surface area contributed by atoms with Crippen LogP contribution >= 0.6 is 0 Å². The molecule has 1 saturated heterocycles. The van der Waals surface area contributed by atoms with Gasteiger partial charge in [-0.25, -0.2) is 13.8 Å². The van der Waals surface area contributed by atoms with Gasteiger partial charge in [-0.1, -0.05) is 0 Å². The molecule has 0 bridgehead atoms. The summed E-state index contributed by atoms with van der Waals surface area (Å²) in [5.41, 5.74) is 5.32. The SMILES string of the molecule is Nc1ncc(-c2cc(C3[C@H]4CC(N5CCCOCC5)C[C@@H]34)n(CC(F)F)n2)cc1C(F)(F)F. The number of nitrogens with zero attached hydrogens (tertiary/aromatic N) is 4. The third kappa shape index (κ3) is 4.44. The highest BCUT2D eigenvalue weighted by molar-refractivity contribution is 5.63. The van der Waals surface area contributed by atoms with Crippen LogP contribution in [0.3, 0.4) is 0 Å². The zero-order chi connectivity index (χ0) is 23.3. The average molecular weight is 471 g/mol. The Morgan fingerprint density at radius 1 is 1.12 bits per heavy atom. The summed E-state index contributed by atoms with van der Waals surface area (Å²) in [5, 5.41) is 4.24. The van der Waals surface area contributed by atoms with E-state index < -0.39 is 30.5 Å². The Balaban J connectivity index is 1.37. The number of hydrogen-bond acceptors (Lipinski definition) is 5. The van der Waals surface area contributed by atoms with Crippen molar-refractivity contribution in [3.63, 3.8) is 0 Å². The molecule has 3 fully saturated rings. The molecule has 2 aromatic rings. The fourth-order valence-electron chi connectivity index (χ4n) is 5.64. The van der Waals surface area contributed by atoms with Crippen LogP contribution in [0.4, 0.5) is 27.8 Å². The molecule has 2 N–H and O–H groups in total. The van der Waals surface area contributed by atoms with E-state index in [1.165, 1.54) is 10.9 Å². The van der Waals surface area contributed by atoms with Crippen molar-refractivity contribution in [2.45, 2.75) is 50.4 Å². The highest BCUT2D eigenvalue weighted by Crippen LogP contribution is 2.64. The minimum Gasteiger partial charge on any atom is -0.383 e. The number of aromatic nitrogens is 3. The first-order valence-electron chi connectivity index (χ1n) is 11.2. The summed E-state index contributed by atoms with van der Waals surface area (Å²) < 4.78 is 73.1. The highest BCUT2D eigenvalue weighted by atomic mass is 19.4. The minimum absolute atomic E-state index is 0.105. The summed E-state index contributed by atoms with van der Waals surface area (Å²) in [7, 11) is 0. The van der Waals surface area contributed by atoms with E-state index in [2.05, 4.69) is 15.0 Å². The van der Waals surface area contributed by atoms with E-state index >= 15 is 0 Å². The van der Waals surface area contributed by atoms with Crippen LogP contribution in [0, 0.1) is 11.8 Å². The predicted molar refractivity (Wildman–Crippen MR) is 111 cm³/mol. The summed E-state index contributed by atoms with van der Waals surface area (Å²) in [5.74, 6) is 0.249. The molecule has 33 heavy (non-hydrogen) atoms. The molecule has 1 aliphatic heterocycles. The highest BCUT2D eigenvalue weighted by Gasteiger charge is 2.58. The zero-order valence-electron chi connectivity index (χ0n) is 17.9. The van der Waals surface area contributed by atoms with Crippen molar-refractivity contribution in [2.24, 2.45) is 11.8 Å². The summed E-state index contributed by atoms with van der Waals surface area (Å²) in [6.07, 6.45) is -3.08. The van der Waals surface area contributed by atoms with Gasteiger partial charge in [0, 0.05) is 49.1 Å². The number of alkyl halides is 5. The van der Waals surface area contributed by atoms with Gasteiger partial charge >= 0.3 is 6.18 Å². The third-order valence-corrected chi connectivity index (χ3v) is 7.18. The Morgan fingerprint density at radius 2 is 1.88 bits per heavy atom. The lowest BCUT2D eigenvalue weighted by molar-refractivity contribution is -0.137. The van der Waals surface area contributed by atoms with Crippen molar-refractivity contribution >= 4 is 5.82 Å². The van der Waals surface area contributed by atoms with Gasteiger partial charge in [0.25, 0.3) is 6.43 Å². The molecule has 2 aliphatic carbocycles. The van der Waals surface area contributed by atoms with Gasteiger partial charge in [-0.05, 0) is 43.2 Å². The molecule has 3 aliphatic rings. The molecule has 0 spiro atoms. The molecule has 3 heterocycles. The normalized spacial score (nSPS) is 28.2. The molecule has 2 unspecified atom stereocenters. The van der Waals surface area contributed by atoms with Crippen LogP contribution in [-0.2, 0) is 17.5 Å². The van der Waals surface area contributed by atoms with Gasteiger partial charge in [-0.2, -0.15) is 18.3 Å². The van der Waals surface area contributed by atoms with Crippen molar-refractivity contribution in [3.05, 3.63) is 29.6 Å². The lowest BCUT2D eigenvalue weighted by Gasteiger charge is -2.28. The lowest BCUT2D eigenvalue weighted by atomic mass is 10.0. The maximum Gasteiger partial charge on any atom is 0.419 e. The maximum atomic E-state index is 13.3. The van der Waals surface area contributed by atoms with Gasteiger partial charge in [-0.3, -0.25) is 9.58 Å². The molecule has 2 saturated carbocycles. The molecule has 11 heteroatoms. The molecule has 180 valence electrons. The molecular formula is C22H26F5N5O. The van der Waals surface area contributed by atoms with E-state index in [0.29, 0.717) is 23.6 Å². The topological polar surface area (TPSA) is 69.2 Å². The van der Waals surface area contributed by atoms with Crippen molar-refractivity contribution < 1.29 is 26.7 Å². The van der Waals surface area contributed by atoms with Gasteiger partial charge in [0.15, 0.2) is 0 Å². The number of hydrogen-bond donors (Lipinski definition) is 1. The van der Waals surface area contributed by atoms with Crippen LogP contribution in [0.2, 0.25) is 0 Å². The summed E-state index contributed by atoms with van der Waals surface area (Å²) in [4.78, 5) is 6.12. The standard InChI is InChI=1S/C22H26F5N5O/c23-19(24)11-32-18(9-17(30-32)12-6-16(22(25,26)27)21(28)29-10-12)20-14-7-13(8-15(14)20)31-2-1-4-33-5-3-31/h6,9-10,13-15,19-20H,1-5,7-8,11H2,(H2,28,29)/t13?,14-,15+,20?. The van der Waals surface area contributed by atoms with Crippen molar-refractivity contribution in [2.75, 3.05) is 32.0 Å². The van der Waals surface area contributed by atoms with Crippen molar-refractivity contribution in [3.8, 4) is 11.3 Å². The fourth-order valence-corrected chi connectivity index (χ4v) is 5.64. The Morgan fingerprint density at radius 3 is 2.58 bits per heavy atom. The largest absolute Gasteiger partial charge is 0.419 e. The summed E-state index contributed by atoms with van der Waals surface area (Å²) in [6.45, 7) is 2.84.